The molecule has 3 aromatic rings. The van der Waals surface area contributed by atoms with E-state index in [4.69, 9.17) is 21.1 Å². The van der Waals surface area contributed by atoms with Crippen LogP contribution in [-0.4, -0.2) is 25.0 Å². The molecule has 2 amide bonds. The fourth-order valence-corrected chi connectivity index (χ4v) is 4.04. The standard InChI is InChI=1S/C29H29ClN2O4/c1-3-4-17-35-23-15-13-21(14-16-23)20(2)31-28(33)19-32-25-11-7-8-12-26(25)36-27(29(32)34)18-22-9-5-6-10-24(22)30/h5-16,18,20H,3-4,17,19H2,1-2H3,(H,31,33)/b27-18+. The Morgan fingerprint density at radius 2 is 1.81 bits per heavy atom. The fraction of sp³-hybridized carbons (Fsp3) is 0.241. The van der Waals surface area contributed by atoms with Crippen LogP contribution in [0.4, 0.5) is 5.69 Å². The van der Waals surface area contributed by atoms with Crippen LogP contribution < -0.4 is 19.7 Å². The Balaban J connectivity index is 1.47. The van der Waals surface area contributed by atoms with Crippen molar-refractivity contribution in [2.75, 3.05) is 18.1 Å². The van der Waals surface area contributed by atoms with Crippen LogP contribution in [0.15, 0.2) is 78.6 Å². The van der Waals surface area contributed by atoms with Crippen molar-refractivity contribution in [1.82, 2.24) is 5.32 Å². The number of unbranched alkanes of at least 4 members (excludes halogenated alkanes) is 1. The molecule has 186 valence electrons. The number of hydrogen-bond acceptors (Lipinski definition) is 4. The molecule has 0 aliphatic carbocycles. The molecule has 1 unspecified atom stereocenters. The number of fused-ring (bicyclic) bond motifs is 1. The number of benzene rings is 3. The Labute approximate surface area is 216 Å². The number of nitrogens with zero attached hydrogens (tertiary/aromatic N) is 1. The second kappa shape index (κ2) is 11.8. The van der Waals surface area contributed by atoms with Crippen LogP contribution in [0.1, 0.15) is 43.9 Å². The summed E-state index contributed by atoms with van der Waals surface area (Å²) in [5.74, 6) is 0.702. The molecule has 1 aliphatic rings. The maximum atomic E-state index is 13.3. The number of carbonyl (C=O) groups excluding carboxylic acids is 2. The minimum absolute atomic E-state index is 0.0984. The smallest absolute Gasteiger partial charge is 0.294 e. The van der Waals surface area contributed by atoms with E-state index in [-0.39, 0.29) is 24.3 Å². The first-order chi connectivity index (χ1) is 17.5. The zero-order valence-electron chi connectivity index (χ0n) is 20.4. The molecule has 0 spiro atoms. The summed E-state index contributed by atoms with van der Waals surface area (Å²) in [5.41, 5.74) is 2.14. The summed E-state index contributed by atoms with van der Waals surface area (Å²) < 4.78 is 11.6. The molecule has 0 fully saturated rings. The summed E-state index contributed by atoms with van der Waals surface area (Å²) in [4.78, 5) is 27.8. The van der Waals surface area contributed by atoms with E-state index in [1.165, 1.54) is 4.90 Å². The van der Waals surface area contributed by atoms with E-state index in [2.05, 4.69) is 12.2 Å². The number of rotatable bonds is 9. The van der Waals surface area contributed by atoms with E-state index in [0.717, 1.165) is 24.2 Å². The van der Waals surface area contributed by atoms with Crippen molar-refractivity contribution in [1.29, 1.82) is 0 Å². The Bertz CT molecular complexity index is 1260. The van der Waals surface area contributed by atoms with Crippen LogP contribution in [0, 0.1) is 0 Å². The van der Waals surface area contributed by atoms with Gasteiger partial charge in [0.05, 0.1) is 18.3 Å². The maximum Gasteiger partial charge on any atom is 0.294 e. The van der Waals surface area contributed by atoms with E-state index < -0.39 is 5.91 Å². The van der Waals surface area contributed by atoms with Gasteiger partial charge in [-0.25, -0.2) is 0 Å². The molecule has 7 heteroatoms. The molecule has 0 radical (unpaired) electrons. The lowest BCUT2D eigenvalue weighted by molar-refractivity contribution is -0.123. The molecule has 36 heavy (non-hydrogen) atoms. The van der Waals surface area contributed by atoms with Gasteiger partial charge in [-0.15, -0.1) is 0 Å². The third kappa shape index (κ3) is 6.07. The van der Waals surface area contributed by atoms with Crippen molar-refractivity contribution in [3.63, 3.8) is 0 Å². The molecule has 0 aromatic heterocycles. The van der Waals surface area contributed by atoms with Crippen LogP contribution in [0.25, 0.3) is 6.08 Å². The van der Waals surface area contributed by atoms with E-state index in [9.17, 15) is 9.59 Å². The lowest BCUT2D eigenvalue weighted by atomic mass is 10.1. The van der Waals surface area contributed by atoms with Crippen molar-refractivity contribution in [2.24, 2.45) is 0 Å². The fourth-order valence-electron chi connectivity index (χ4n) is 3.85. The van der Waals surface area contributed by atoms with Crippen LogP contribution in [0.2, 0.25) is 5.02 Å². The van der Waals surface area contributed by atoms with Gasteiger partial charge in [-0.05, 0) is 60.9 Å². The van der Waals surface area contributed by atoms with Gasteiger partial charge in [0.2, 0.25) is 5.91 Å². The van der Waals surface area contributed by atoms with Gasteiger partial charge in [0.1, 0.15) is 12.3 Å². The van der Waals surface area contributed by atoms with Crippen molar-refractivity contribution in [2.45, 2.75) is 32.7 Å². The molecule has 4 rings (SSSR count). The third-order valence-corrected chi connectivity index (χ3v) is 6.19. The number of para-hydroxylation sites is 2. The summed E-state index contributed by atoms with van der Waals surface area (Å²) in [6, 6.07) is 21.8. The highest BCUT2D eigenvalue weighted by Gasteiger charge is 2.32. The number of halogens is 1. The van der Waals surface area contributed by atoms with E-state index in [0.29, 0.717) is 28.6 Å². The van der Waals surface area contributed by atoms with Gasteiger partial charge in [0.15, 0.2) is 11.5 Å². The largest absolute Gasteiger partial charge is 0.494 e. The van der Waals surface area contributed by atoms with Gasteiger partial charge in [0.25, 0.3) is 5.91 Å². The lowest BCUT2D eigenvalue weighted by Crippen LogP contribution is -2.44. The minimum atomic E-state index is -0.412. The van der Waals surface area contributed by atoms with Gasteiger partial charge in [-0.3, -0.25) is 14.5 Å². The second-order valence-corrected chi connectivity index (χ2v) is 8.96. The first-order valence-corrected chi connectivity index (χ1v) is 12.4. The second-order valence-electron chi connectivity index (χ2n) is 8.55. The van der Waals surface area contributed by atoms with Crippen LogP contribution in [0.3, 0.4) is 0 Å². The van der Waals surface area contributed by atoms with Crippen molar-refractivity contribution in [3.8, 4) is 11.5 Å². The zero-order valence-corrected chi connectivity index (χ0v) is 21.1. The van der Waals surface area contributed by atoms with E-state index in [1.54, 1.807) is 36.4 Å². The van der Waals surface area contributed by atoms with Crippen molar-refractivity contribution >= 4 is 35.2 Å². The van der Waals surface area contributed by atoms with Crippen LogP contribution >= 0.6 is 11.6 Å². The summed E-state index contributed by atoms with van der Waals surface area (Å²) in [7, 11) is 0. The predicted octanol–water partition coefficient (Wildman–Crippen LogP) is 6.16. The summed E-state index contributed by atoms with van der Waals surface area (Å²) in [6.45, 7) is 4.56. The van der Waals surface area contributed by atoms with Crippen LogP contribution in [0.5, 0.6) is 11.5 Å². The van der Waals surface area contributed by atoms with Gasteiger partial charge in [0, 0.05) is 5.02 Å². The number of amides is 2. The Morgan fingerprint density at radius 1 is 1.08 bits per heavy atom. The topological polar surface area (TPSA) is 67.9 Å². The number of nitrogens with one attached hydrogen (secondary N) is 1. The maximum absolute atomic E-state index is 13.3. The SMILES string of the molecule is CCCCOc1ccc(C(C)NC(=O)CN2C(=O)/C(=C\c3ccccc3Cl)Oc3ccccc32)cc1. The molecule has 1 heterocycles. The first-order valence-electron chi connectivity index (χ1n) is 12.0. The number of anilines is 1. The average Bonchev–Trinajstić information content (AvgIpc) is 2.88. The minimum Gasteiger partial charge on any atom is -0.494 e. The summed E-state index contributed by atoms with van der Waals surface area (Å²) >= 11 is 6.27. The average molecular weight is 505 g/mol. The molecule has 1 atom stereocenters. The molecule has 0 bridgehead atoms. The molecule has 3 aromatic carbocycles. The van der Waals surface area contributed by atoms with Gasteiger partial charge < -0.3 is 14.8 Å². The molecule has 0 saturated carbocycles. The first kappa shape index (κ1) is 25.3. The normalized spacial score (nSPS) is 14.7. The molecular formula is C29H29ClN2O4. The molecule has 1 aliphatic heterocycles. The third-order valence-electron chi connectivity index (χ3n) is 5.85. The highest BCUT2D eigenvalue weighted by Crippen LogP contribution is 2.36. The quantitative estimate of drug-likeness (QED) is 0.280. The molecule has 0 saturated heterocycles. The lowest BCUT2D eigenvalue weighted by Gasteiger charge is -2.30. The van der Waals surface area contributed by atoms with Gasteiger partial charge in [-0.2, -0.15) is 0 Å². The highest BCUT2D eigenvalue weighted by atomic mass is 35.5. The van der Waals surface area contributed by atoms with Gasteiger partial charge in [-0.1, -0.05) is 67.4 Å². The number of hydrogen-bond donors (Lipinski definition) is 1. The van der Waals surface area contributed by atoms with Crippen molar-refractivity contribution in [3.05, 3.63) is 94.7 Å². The van der Waals surface area contributed by atoms with Crippen molar-refractivity contribution < 1.29 is 19.1 Å². The van der Waals surface area contributed by atoms with Crippen LogP contribution in [-0.2, 0) is 9.59 Å². The Morgan fingerprint density at radius 3 is 2.56 bits per heavy atom. The Hall–Kier alpha value is -3.77. The number of carbonyl (C=O) groups is 2. The molecular weight excluding hydrogens is 476 g/mol. The van der Waals surface area contributed by atoms with E-state index >= 15 is 0 Å². The zero-order chi connectivity index (χ0) is 25.5. The van der Waals surface area contributed by atoms with E-state index in [1.807, 2.05) is 49.4 Å². The monoisotopic (exact) mass is 504 g/mol. The summed E-state index contributed by atoms with van der Waals surface area (Å²) in [6.07, 6.45) is 3.68. The molecule has 6 nitrogen and oxygen atoms in total. The molecule has 1 N–H and O–H groups in total. The Kier molecular flexibility index (Phi) is 8.28. The highest BCUT2D eigenvalue weighted by molar-refractivity contribution is 6.32. The summed E-state index contributed by atoms with van der Waals surface area (Å²) in [5, 5.41) is 3.49. The van der Waals surface area contributed by atoms with Gasteiger partial charge >= 0.3 is 0 Å². The number of ether oxygens (including phenoxy) is 2. The predicted molar refractivity (Wildman–Crippen MR) is 142 cm³/mol.